The molecule has 0 unspecified atom stereocenters. The van der Waals surface area contributed by atoms with E-state index in [4.69, 9.17) is 9.47 Å². The number of ether oxygens (including phenoxy) is 2. The molecule has 0 spiro atoms. The molecule has 0 aromatic heterocycles. The first-order valence-electron chi connectivity index (χ1n) is 6.79. The van der Waals surface area contributed by atoms with Crippen molar-refractivity contribution in [3.05, 3.63) is 29.8 Å². The number of alkyl halides is 2. The van der Waals surface area contributed by atoms with Crippen LogP contribution in [0.25, 0.3) is 0 Å². The first-order chi connectivity index (χ1) is 10.0. The summed E-state index contributed by atoms with van der Waals surface area (Å²) in [5.41, 5.74) is 0.369. The van der Waals surface area contributed by atoms with Crippen molar-refractivity contribution in [1.29, 1.82) is 0 Å². The third kappa shape index (κ3) is 6.83. The Morgan fingerprint density at radius 1 is 1.14 bits per heavy atom. The predicted molar refractivity (Wildman–Crippen MR) is 72.5 cm³/mol. The summed E-state index contributed by atoms with van der Waals surface area (Å²) in [5.74, 6) is -0.613. The number of hydrogen-bond donors (Lipinski definition) is 0. The molecule has 0 saturated carbocycles. The van der Waals surface area contributed by atoms with E-state index >= 15 is 0 Å². The second kappa shape index (κ2) is 9.05. The number of esters is 2. The molecule has 1 aromatic rings. The van der Waals surface area contributed by atoms with E-state index in [1.54, 1.807) is 6.92 Å². The molecule has 0 heterocycles. The van der Waals surface area contributed by atoms with Gasteiger partial charge in [0, 0.05) is 12.8 Å². The largest absolute Gasteiger partial charge is 0.462 e. The van der Waals surface area contributed by atoms with Crippen LogP contribution in [0, 0.1) is 0 Å². The Hall–Kier alpha value is -1.98. The van der Waals surface area contributed by atoms with Crippen LogP contribution in [0.15, 0.2) is 24.3 Å². The minimum absolute atomic E-state index is 0.0896. The van der Waals surface area contributed by atoms with Gasteiger partial charge in [-0.3, -0.25) is 4.79 Å². The molecule has 6 heteroatoms. The molecule has 0 fully saturated rings. The Labute approximate surface area is 122 Å². The normalized spacial score (nSPS) is 10.5. The van der Waals surface area contributed by atoms with Crippen molar-refractivity contribution in [2.75, 3.05) is 6.61 Å². The van der Waals surface area contributed by atoms with E-state index in [2.05, 4.69) is 0 Å². The van der Waals surface area contributed by atoms with Crippen molar-refractivity contribution in [2.24, 2.45) is 0 Å². The molecular weight excluding hydrogens is 282 g/mol. The van der Waals surface area contributed by atoms with Gasteiger partial charge in [-0.15, -0.1) is 0 Å². The van der Waals surface area contributed by atoms with Crippen LogP contribution in [0.1, 0.15) is 43.0 Å². The molecule has 4 nitrogen and oxygen atoms in total. The molecule has 116 valence electrons. The standard InChI is InChI=1S/C15H18F2O4/c1-2-20-15(19)11-7-9-12(10-8-11)21-14(18)6-4-3-5-13(16)17/h7-10,13H,2-6H2,1H3. The third-order valence-corrected chi connectivity index (χ3v) is 2.65. The molecule has 0 aliphatic rings. The Morgan fingerprint density at radius 3 is 2.38 bits per heavy atom. The Morgan fingerprint density at radius 2 is 1.81 bits per heavy atom. The number of hydrogen-bond acceptors (Lipinski definition) is 4. The van der Waals surface area contributed by atoms with E-state index in [1.807, 2.05) is 0 Å². The predicted octanol–water partition coefficient (Wildman–Crippen LogP) is 3.59. The van der Waals surface area contributed by atoms with Gasteiger partial charge in [0.1, 0.15) is 5.75 Å². The molecule has 0 N–H and O–H groups in total. The van der Waals surface area contributed by atoms with Crippen LogP contribution in [0.5, 0.6) is 5.75 Å². The van der Waals surface area contributed by atoms with Crippen LogP contribution in [0.3, 0.4) is 0 Å². The van der Waals surface area contributed by atoms with Crippen LogP contribution in [-0.4, -0.2) is 25.0 Å². The fourth-order valence-electron chi connectivity index (χ4n) is 1.62. The summed E-state index contributed by atoms with van der Waals surface area (Å²) in [4.78, 5) is 22.9. The molecule has 0 bridgehead atoms. The number of carbonyl (C=O) groups is 2. The van der Waals surface area contributed by atoms with E-state index in [9.17, 15) is 18.4 Å². The molecular formula is C15H18F2O4. The quantitative estimate of drug-likeness (QED) is 0.418. The van der Waals surface area contributed by atoms with Crippen LogP contribution >= 0.6 is 0 Å². The highest BCUT2D eigenvalue weighted by Crippen LogP contribution is 2.15. The van der Waals surface area contributed by atoms with Gasteiger partial charge in [-0.05, 0) is 44.0 Å². The molecule has 1 rings (SSSR count). The SMILES string of the molecule is CCOC(=O)c1ccc(OC(=O)CCCCC(F)F)cc1. The molecule has 21 heavy (non-hydrogen) atoms. The fourth-order valence-corrected chi connectivity index (χ4v) is 1.62. The summed E-state index contributed by atoms with van der Waals surface area (Å²) in [6.07, 6.45) is -1.80. The van der Waals surface area contributed by atoms with E-state index in [0.717, 1.165) is 0 Å². The van der Waals surface area contributed by atoms with E-state index in [1.165, 1.54) is 24.3 Å². The highest BCUT2D eigenvalue weighted by Gasteiger charge is 2.09. The lowest BCUT2D eigenvalue weighted by Gasteiger charge is -2.06. The van der Waals surface area contributed by atoms with Crippen molar-refractivity contribution in [2.45, 2.75) is 39.0 Å². The average molecular weight is 300 g/mol. The number of benzene rings is 1. The van der Waals surface area contributed by atoms with Crippen molar-refractivity contribution in [3.63, 3.8) is 0 Å². The maximum Gasteiger partial charge on any atom is 0.338 e. The summed E-state index contributed by atoms with van der Waals surface area (Å²) in [5, 5.41) is 0. The number of halogens is 2. The Balaban J connectivity index is 2.37. The van der Waals surface area contributed by atoms with Gasteiger partial charge in [-0.1, -0.05) is 0 Å². The highest BCUT2D eigenvalue weighted by molar-refractivity contribution is 5.89. The zero-order chi connectivity index (χ0) is 15.7. The molecule has 0 amide bonds. The zero-order valence-corrected chi connectivity index (χ0v) is 11.8. The number of carbonyl (C=O) groups excluding carboxylic acids is 2. The fraction of sp³-hybridized carbons (Fsp3) is 0.467. The van der Waals surface area contributed by atoms with Gasteiger partial charge in [0.2, 0.25) is 6.43 Å². The van der Waals surface area contributed by atoms with Crippen LogP contribution < -0.4 is 4.74 Å². The average Bonchev–Trinajstić information content (AvgIpc) is 2.44. The minimum Gasteiger partial charge on any atom is -0.462 e. The smallest absolute Gasteiger partial charge is 0.338 e. The van der Waals surface area contributed by atoms with Crippen LogP contribution in [-0.2, 0) is 9.53 Å². The molecule has 0 radical (unpaired) electrons. The maximum absolute atomic E-state index is 11.9. The van der Waals surface area contributed by atoms with E-state index in [0.29, 0.717) is 17.7 Å². The van der Waals surface area contributed by atoms with Gasteiger partial charge in [0.05, 0.1) is 12.2 Å². The highest BCUT2D eigenvalue weighted by atomic mass is 19.3. The molecule has 1 aromatic carbocycles. The number of rotatable bonds is 8. The lowest BCUT2D eigenvalue weighted by atomic mass is 10.2. The zero-order valence-electron chi connectivity index (χ0n) is 11.8. The van der Waals surface area contributed by atoms with Crippen LogP contribution in [0.4, 0.5) is 8.78 Å². The van der Waals surface area contributed by atoms with Gasteiger partial charge in [0.15, 0.2) is 0 Å². The summed E-state index contributed by atoms with van der Waals surface area (Å²) in [7, 11) is 0. The Kier molecular flexibility index (Phi) is 7.36. The van der Waals surface area contributed by atoms with Crippen molar-refractivity contribution < 1.29 is 27.8 Å². The maximum atomic E-state index is 11.9. The molecule has 0 atom stereocenters. The van der Waals surface area contributed by atoms with Crippen molar-refractivity contribution >= 4 is 11.9 Å². The third-order valence-electron chi connectivity index (χ3n) is 2.65. The topological polar surface area (TPSA) is 52.6 Å². The summed E-state index contributed by atoms with van der Waals surface area (Å²) < 4.78 is 33.7. The van der Waals surface area contributed by atoms with Gasteiger partial charge >= 0.3 is 11.9 Å². The summed E-state index contributed by atoms with van der Waals surface area (Å²) >= 11 is 0. The first kappa shape index (κ1) is 17.1. The lowest BCUT2D eigenvalue weighted by Crippen LogP contribution is -2.08. The van der Waals surface area contributed by atoms with E-state index < -0.39 is 18.4 Å². The summed E-state index contributed by atoms with van der Waals surface area (Å²) in [6, 6.07) is 5.97. The number of unbranched alkanes of at least 4 members (excludes halogenated alkanes) is 1. The van der Waals surface area contributed by atoms with Gasteiger partial charge in [0.25, 0.3) is 0 Å². The van der Waals surface area contributed by atoms with Crippen molar-refractivity contribution in [3.8, 4) is 5.75 Å². The molecule has 0 aliphatic heterocycles. The Bertz CT molecular complexity index is 457. The molecule has 0 aliphatic carbocycles. The minimum atomic E-state index is -2.34. The van der Waals surface area contributed by atoms with Gasteiger partial charge in [-0.2, -0.15) is 0 Å². The second-order valence-electron chi connectivity index (χ2n) is 4.36. The monoisotopic (exact) mass is 300 g/mol. The van der Waals surface area contributed by atoms with Crippen LogP contribution in [0.2, 0.25) is 0 Å². The molecule has 0 saturated heterocycles. The first-order valence-corrected chi connectivity index (χ1v) is 6.79. The second-order valence-corrected chi connectivity index (χ2v) is 4.36. The van der Waals surface area contributed by atoms with Gasteiger partial charge < -0.3 is 9.47 Å². The van der Waals surface area contributed by atoms with E-state index in [-0.39, 0.29) is 25.9 Å². The lowest BCUT2D eigenvalue weighted by molar-refractivity contribution is -0.134. The van der Waals surface area contributed by atoms with Crippen molar-refractivity contribution in [1.82, 2.24) is 0 Å². The van der Waals surface area contributed by atoms with Gasteiger partial charge in [-0.25, -0.2) is 13.6 Å². The summed E-state index contributed by atoms with van der Waals surface area (Å²) in [6.45, 7) is 2.00.